The molecule has 0 bridgehead atoms. The van der Waals surface area contributed by atoms with Crippen molar-refractivity contribution in [3.05, 3.63) is 35.9 Å². The summed E-state index contributed by atoms with van der Waals surface area (Å²) in [5, 5.41) is 25.4. The lowest BCUT2D eigenvalue weighted by Gasteiger charge is -1.88. The minimum atomic E-state index is -0.845. The van der Waals surface area contributed by atoms with E-state index in [2.05, 4.69) is 0 Å². The van der Waals surface area contributed by atoms with Crippen molar-refractivity contribution < 1.29 is 20.1 Å². The summed E-state index contributed by atoms with van der Waals surface area (Å²) >= 11 is 0. The van der Waals surface area contributed by atoms with Crippen molar-refractivity contribution in [1.29, 1.82) is 0 Å². The van der Waals surface area contributed by atoms with Gasteiger partial charge in [0.15, 0.2) is 0 Å². The molecule has 4 nitrogen and oxygen atoms in total. The fourth-order valence-electron chi connectivity index (χ4n) is 0.576. The maximum absolute atomic E-state index is 9.86. The summed E-state index contributed by atoms with van der Waals surface area (Å²) in [6.45, 7) is 3.26. The van der Waals surface area contributed by atoms with Crippen molar-refractivity contribution in [2.45, 2.75) is 13.8 Å². The molecule has 1 rings (SSSR count). The molecule has 3 N–H and O–H groups in total. The summed E-state index contributed by atoms with van der Waals surface area (Å²) in [5.74, 6) is -0.506. The van der Waals surface area contributed by atoms with Crippen LogP contribution >= 0.6 is 0 Å². The molecule has 82 valence electrons. The SMILES string of the molecule is CC=C(C)C(=O)O.Oc1ccc(O)cc1. The normalized spacial score (nSPS) is 10.1. The number of benzene rings is 1. The van der Waals surface area contributed by atoms with Crippen molar-refractivity contribution >= 4 is 5.97 Å². The van der Waals surface area contributed by atoms with Gasteiger partial charge in [0.25, 0.3) is 0 Å². The number of carbonyl (C=O) groups is 1. The van der Waals surface area contributed by atoms with E-state index in [4.69, 9.17) is 15.3 Å². The zero-order valence-corrected chi connectivity index (χ0v) is 8.64. The Morgan fingerprint density at radius 2 is 1.47 bits per heavy atom. The molecule has 0 aliphatic carbocycles. The van der Waals surface area contributed by atoms with Gasteiger partial charge in [0, 0.05) is 5.57 Å². The third-order valence-corrected chi connectivity index (χ3v) is 1.62. The lowest BCUT2D eigenvalue weighted by atomic mass is 10.3. The number of allylic oxidation sites excluding steroid dienone is 1. The van der Waals surface area contributed by atoms with Gasteiger partial charge in [-0.3, -0.25) is 0 Å². The smallest absolute Gasteiger partial charge is 0.330 e. The molecule has 4 heteroatoms. The van der Waals surface area contributed by atoms with Crippen LogP contribution in [0.3, 0.4) is 0 Å². The number of hydrogen-bond acceptors (Lipinski definition) is 3. The zero-order valence-electron chi connectivity index (χ0n) is 8.64. The molecule has 0 atom stereocenters. The minimum absolute atomic E-state index is 0.169. The van der Waals surface area contributed by atoms with Crippen LogP contribution in [0.1, 0.15) is 13.8 Å². The molecule has 0 aliphatic rings. The van der Waals surface area contributed by atoms with E-state index in [9.17, 15) is 4.79 Å². The first-order chi connectivity index (χ1) is 6.97. The van der Waals surface area contributed by atoms with Gasteiger partial charge in [0.1, 0.15) is 11.5 Å². The van der Waals surface area contributed by atoms with Crippen molar-refractivity contribution in [2.24, 2.45) is 0 Å². The third-order valence-electron chi connectivity index (χ3n) is 1.62. The Bertz CT molecular complexity index is 317. The molecule has 0 unspecified atom stereocenters. The molecular formula is C11H14O4. The number of carboxylic acids is 1. The maximum Gasteiger partial charge on any atom is 0.330 e. The van der Waals surface area contributed by atoms with Gasteiger partial charge in [-0.15, -0.1) is 0 Å². The standard InChI is InChI=1S/C6H6O2.C5H8O2/c7-5-1-2-6(8)4-3-5;1-3-4(2)5(6)7/h1-4,7-8H;3H,1-2H3,(H,6,7). The first kappa shape index (κ1) is 13.0. The van der Waals surface area contributed by atoms with E-state index in [0.29, 0.717) is 5.57 Å². The van der Waals surface area contributed by atoms with Gasteiger partial charge in [0.05, 0.1) is 0 Å². The molecule has 0 heterocycles. The summed E-state index contributed by atoms with van der Waals surface area (Å²) in [6, 6.07) is 5.70. The fourth-order valence-corrected chi connectivity index (χ4v) is 0.576. The average molecular weight is 210 g/mol. The van der Waals surface area contributed by atoms with E-state index in [1.54, 1.807) is 19.9 Å². The molecule has 1 aromatic carbocycles. The maximum atomic E-state index is 9.86. The highest BCUT2D eigenvalue weighted by Crippen LogP contribution is 2.13. The molecule has 0 spiro atoms. The van der Waals surface area contributed by atoms with Crippen LogP contribution in [0, 0.1) is 0 Å². The summed E-state index contributed by atoms with van der Waals surface area (Å²) in [4.78, 5) is 9.86. The molecule has 0 fully saturated rings. The van der Waals surface area contributed by atoms with Crippen LogP contribution in [0.5, 0.6) is 11.5 Å². The third kappa shape index (κ3) is 6.15. The Labute approximate surface area is 88.1 Å². The topological polar surface area (TPSA) is 77.8 Å². The van der Waals surface area contributed by atoms with Gasteiger partial charge >= 0.3 is 5.97 Å². The summed E-state index contributed by atoms with van der Waals surface area (Å²) in [7, 11) is 0. The molecule has 0 aromatic heterocycles. The van der Waals surface area contributed by atoms with Gasteiger partial charge in [0.2, 0.25) is 0 Å². The van der Waals surface area contributed by atoms with E-state index in [-0.39, 0.29) is 11.5 Å². The first-order valence-corrected chi connectivity index (χ1v) is 4.31. The number of aliphatic carboxylic acids is 1. The van der Waals surface area contributed by atoms with E-state index in [1.807, 2.05) is 0 Å². The molecule has 0 saturated carbocycles. The fraction of sp³-hybridized carbons (Fsp3) is 0.182. The minimum Gasteiger partial charge on any atom is -0.508 e. The van der Waals surface area contributed by atoms with Gasteiger partial charge in [-0.1, -0.05) is 6.08 Å². The predicted octanol–water partition coefficient (Wildman–Crippen LogP) is 2.13. The van der Waals surface area contributed by atoms with Crippen LogP contribution in [-0.4, -0.2) is 21.3 Å². The monoisotopic (exact) mass is 210 g/mol. The van der Waals surface area contributed by atoms with E-state index in [0.717, 1.165) is 0 Å². The quantitative estimate of drug-likeness (QED) is 0.490. The lowest BCUT2D eigenvalue weighted by Crippen LogP contribution is -1.93. The molecule has 0 radical (unpaired) electrons. The number of rotatable bonds is 1. The Hall–Kier alpha value is -1.97. The summed E-state index contributed by atoms with van der Waals surface area (Å²) in [5.41, 5.74) is 0.389. The Balaban J connectivity index is 0.000000265. The molecule has 1 aromatic rings. The van der Waals surface area contributed by atoms with Crippen LogP contribution < -0.4 is 0 Å². The molecule has 0 amide bonds. The van der Waals surface area contributed by atoms with Crippen LogP contribution in [0.2, 0.25) is 0 Å². The highest BCUT2D eigenvalue weighted by molar-refractivity contribution is 5.85. The number of carboxylic acid groups (broad SMARTS) is 1. The van der Waals surface area contributed by atoms with Gasteiger partial charge in [-0.2, -0.15) is 0 Å². The second kappa shape index (κ2) is 6.48. The second-order valence-electron chi connectivity index (χ2n) is 2.79. The Morgan fingerprint density at radius 1 is 1.13 bits per heavy atom. The largest absolute Gasteiger partial charge is 0.508 e. The Kier molecular flexibility index (Phi) is 5.63. The summed E-state index contributed by atoms with van der Waals surface area (Å²) < 4.78 is 0. The van der Waals surface area contributed by atoms with Gasteiger partial charge in [-0.05, 0) is 38.1 Å². The highest BCUT2D eigenvalue weighted by atomic mass is 16.4. The molecule has 15 heavy (non-hydrogen) atoms. The Morgan fingerprint density at radius 3 is 1.60 bits per heavy atom. The molecule has 0 aliphatic heterocycles. The van der Waals surface area contributed by atoms with Crippen LogP contribution in [0.15, 0.2) is 35.9 Å². The van der Waals surface area contributed by atoms with Crippen molar-refractivity contribution in [3.63, 3.8) is 0 Å². The van der Waals surface area contributed by atoms with Crippen molar-refractivity contribution in [2.75, 3.05) is 0 Å². The predicted molar refractivity (Wildman–Crippen MR) is 56.8 cm³/mol. The van der Waals surface area contributed by atoms with E-state index in [1.165, 1.54) is 24.3 Å². The van der Waals surface area contributed by atoms with Gasteiger partial charge in [-0.25, -0.2) is 4.79 Å². The lowest BCUT2D eigenvalue weighted by molar-refractivity contribution is -0.132. The van der Waals surface area contributed by atoms with Crippen LogP contribution in [0.25, 0.3) is 0 Å². The first-order valence-electron chi connectivity index (χ1n) is 4.31. The van der Waals surface area contributed by atoms with Crippen molar-refractivity contribution in [1.82, 2.24) is 0 Å². The number of phenols is 2. The van der Waals surface area contributed by atoms with E-state index < -0.39 is 5.97 Å². The summed E-state index contributed by atoms with van der Waals surface area (Å²) in [6.07, 6.45) is 1.56. The highest BCUT2D eigenvalue weighted by Gasteiger charge is 1.93. The van der Waals surface area contributed by atoms with E-state index >= 15 is 0 Å². The number of phenolic OH excluding ortho intramolecular Hbond substituents is 2. The number of hydrogen-bond donors (Lipinski definition) is 3. The molecular weight excluding hydrogens is 196 g/mol. The number of aromatic hydroxyl groups is 2. The van der Waals surface area contributed by atoms with Gasteiger partial charge < -0.3 is 15.3 Å². The molecule has 0 saturated heterocycles. The zero-order chi connectivity index (χ0) is 11.8. The second-order valence-corrected chi connectivity index (χ2v) is 2.79. The van der Waals surface area contributed by atoms with Crippen molar-refractivity contribution in [3.8, 4) is 11.5 Å². The van der Waals surface area contributed by atoms with Crippen LogP contribution in [-0.2, 0) is 4.79 Å². The average Bonchev–Trinajstić information content (AvgIpc) is 2.22. The van der Waals surface area contributed by atoms with Crippen LogP contribution in [0.4, 0.5) is 0 Å².